The Morgan fingerprint density at radius 3 is 2.52 bits per heavy atom. The minimum absolute atomic E-state index is 0.0582. The van der Waals surface area contributed by atoms with E-state index >= 15 is 0 Å². The van der Waals surface area contributed by atoms with E-state index in [1.807, 2.05) is 0 Å². The highest BCUT2D eigenvalue weighted by Crippen LogP contribution is 2.20. The second kappa shape index (κ2) is 6.78. The lowest BCUT2D eigenvalue weighted by molar-refractivity contribution is -0.387. The van der Waals surface area contributed by atoms with Gasteiger partial charge in [0.1, 0.15) is 0 Å². The fraction of sp³-hybridized carbons (Fsp3) is 0.385. The van der Waals surface area contributed by atoms with Crippen LogP contribution in [0.5, 0.6) is 0 Å². The van der Waals surface area contributed by atoms with Gasteiger partial charge < -0.3 is 10.0 Å². The van der Waals surface area contributed by atoms with E-state index in [0.717, 1.165) is 18.2 Å². The number of carboxylic acids is 1. The van der Waals surface area contributed by atoms with Gasteiger partial charge in [0, 0.05) is 24.2 Å². The molecule has 1 amide bonds. The molecule has 8 heteroatoms. The molecule has 1 aromatic rings. The number of carboxylic acid groups (broad SMARTS) is 1. The van der Waals surface area contributed by atoms with Gasteiger partial charge in [-0.1, -0.05) is 0 Å². The highest BCUT2D eigenvalue weighted by atomic mass is 19.1. The molecule has 1 aromatic carbocycles. The molecule has 1 N–H and O–H groups in total. The van der Waals surface area contributed by atoms with Crippen LogP contribution in [0.25, 0.3) is 0 Å². The van der Waals surface area contributed by atoms with Gasteiger partial charge in [-0.15, -0.1) is 0 Å². The Morgan fingerprint density at radius 1 is 1.48 bits per heavy atom. The van der Waals surface area contributed by atoms with E-state index in [2.05, 4.69) is 0 Å². The van der Waals surface area contributed by atoms with Crippen LogP contribution >= 0.6 is 0 Å². The fourth-order valence-corrected chi connectivity index (χ4v) is 1.97. The molecule has 1 atom stereocenters. The lowest BCUT2D eigenvalue weighted by atomic mass is 10.1. The standard InChI is InChI=1S/C13H15FN2O5/c1-3-15(8(2)6-12(17)18)13(19)9-4-5-11(16(20)21)10(14)7-9/h4-5,7-8H,3,6H2,1-2H3,(H,17,18). The van der Waals surface area contributed by atoms with Crippen LogP contribution in [0.2, 0.25) is 0 Å². The molecule has 0 aliphatic rings. The number of carbonyl (C=O) groups excluding carboxylic acids is 1. The first-order chi connectivity index (χ1) is 9.77. The maximum Gasteiger partial charge on any atom is 0.305 e. The summed E-state index contributed by atoms with van der Waals surface area (Å²) in [4.78, 5) is 33.8. The number of nitro benzene ring substituents is 1. The van der Waals surface area contributed by atoms with Gasteiger partial charge in [-0.2, -0.15) is 4.39 Å². The maximum absolute atomic E-state index is 13.5. The molecular weight excluding hydrogens is 283 g/mol. The molecular formula is C13H15FN2O5. The van der Waals surface area contributed by atoms with Crippen LogP contribution in [0.15, 0.2) is 18.2 Å². The molecule has 0 heterocycles. The van der Waals surface area contributed by atoms with Crippen molar-refractivity contribution in [1.82, 2.24) is 4.90 Å². The third kappa shape index (κ3) is 3.98. The van der Waals surface area contributed by atoms with Gasteiger partial charge in [0.2, 0.25) is 5.82 Å². The summed E-state index contributed by atoms with van der Waals surface area (Å²) in [5, 5.41) is 19.3. The summed E-state index contributed by atoms with van der Waals surface area (Å²) in [6.07, 6.45) is -0.241. The largest absolute Gasteiger partial charge is 0.481 e. The van der Waals surface area contributed by atoms with Crippen LogP contribution in [0.4, 0.5) is 10.1 Å². The number of hydrogen-bond donors (Lipinski definition) is 1. The average Bonchev–Trinajstić information content (AvgIpc) is 2.37. The van der Waals surface area contributed by atoms with Crippen molar-refractivity contribution >= 4 is 17.6 Å². The second-order valence-electron chi connectivity index (χ2n) is 4.46. The van der Waals surface area contributed by atoms with E-state index in [1.54, 1.807) is 13.8 Å². The third-order valence-electron chi connectivity index (χ3n) is 2.99. The SMILES string of the molecule is CCN(C(=O)c1ccc([N+](=O)[O-])c(F)c1)C(C)CC(=O)O. The number of rotatable bonds is 6. The van der Waals surface area contributed by atoms with Crippen LogP contribution in [-0.4, -0.2) is 39.4 Å². The molecule has 1 unspecified atom stereocenters. The highest BCUT2D eigenvalue weighted by Gasteiger charge is 2.24. The number of benzene rings is 1. The summed E-state index contributed by atoms with van der Waals surface area (Å²) in [5.74, 6) is -2.73. The minimum Gasteiger partial charge on any atom is -0.481 e. The molecule has 0 spiro atoms. The molecule has 21 heavy (non-hydrogen) atoms. The lowest BCUT2D eigenvalue weighted by Crippen LogP contribution is -2.39. The van der Waals surface area contributed by atoms with Crippen LogP contribution < -0.4 is 0 Å². The summed E-state index contributed by atoms with van der Waals surface area (Å²) in [6.45, 7) is 3.47. The molecule has 0 saturated carbocycles. The number of carbonyl (C=O) groups is 2. The van der Waals surface area contributed by atoms with E-state index in [1.165, 1.54) is 4.90 Å². The Balaban J connectivity index is 3.03. The molecule has 0 aliphatic heterocycles. The highest BCUT2D eigenvalue weighted by molar-refractivity contribution is 5.94. The first-order valence-electron chi connectivity index (χ1n) is 6.24. The summed E-state index contributed by atoms with van der Waals surface area (Å²) in [7, 11) is 0. The normalized spacial score (nSPS) is 11.8. The van der Waals surface area contributed by atoms with Gasteiger partial charge in [-0.3, -0.25) is 19.7 Å². The summed E-state index contributed by atoms with van der Waals surface area (Å²) < 4.78 is 13.5. The van der Waals surface area contributed by atoms with E-state index < -0.39 is 34.3 Å². The topological polar surface area (TPSA) is 101 Å². The van der Waals surface area contributed by atoms with E-state index in [0.29, 0.717) is 0 Å². The monoisotopic (exact) mass is 298 g/mol. The minimum atomic E-state index is -1.10. The van der Waals surface area contributed by atoms with Crippen LogP contribution in [0.3, 0.4) is 0 Å². The molecule has 7 nitrogen and oxygen atoms in total. The quantitative estimate of drug-likeness (QED) is 0.640. The zero-order chi connectivity index (χ0) is 16.2. The van der Waals surface area contributed by atoms with Crippen molar-refractivity contribution < 1.29 is 24.0 Å². The van der Waals surface area contributed by atoms with Crippen molar-refractivity contribution in [3.05, 3.63) is 39.7 Å². The zero-order valence-corrected chi connectivity index (χ0v) is 11.6. The molecule has 0 aromatic heterocycles. The van der Waals surface area contributed by atoms with Gasteiger partial charge in [0.05, 0.1) is 11.3 Å². The first-order valence-corrected chi connectivity index (χ1v) is 6.24. The lowest BCUT2D eigenvalue weighted by Gasteiger charge is -2.27. The summed E-state index contributed by atoms with van der Waals surface area (Å²) in [5.41, 5.74) is -0.773. The van der Waals surface area contributed by atoms with Gasteiger partial charge >= 0.3 is 11.7 Å². The molecule has 0 aliphatic carbocycles. The molecule has 1 rings (SSSR count). The number of nitrogens with zero attached hydrogens (tertiary/aromatic N) is 2. The Labute approximate surface area is 120 Å². The zero-order valence-electron chi connectivity index (χ0n) is 11.6. The Kier molecular flexibility index (Phi) is 5.34. The van der Waals surface area contributed by atoms with E-state index in [4.69, 9.17) is 5.11 Å². The molecule has 0 fully saturated rings. The first kappa shape index (κ1) is 16.5. The van der Waals surface area contributed by atoms with Crippen molar-refractivity contribution in [1.29, 1.82) is 0 Å². The predicted molar refractivity (Wildman–Crippen MR) is 71.5 cm³/mol. The summed E-state index contributed by atoms with van der Waals surface area (Å²) >= 11 is 0. The number of halogens is 1. The van der Waals surface area contributed by atoms with E-state index in [9.17, 15) is 24.1 Å². The van der Waals surface area contributed by atoms with Gasteiger partial charge in [-0.25, -0.2) is 0 Å². The number of nitro groups is 1. The van der Waals surface area contributed by atoms with Crippen LogP contribution in [0.1, 0.15) is 30.6 Å². The average molecular weight is 298 g/mol. The van der Waals surface area contributed by atoms with Crippen molar-refractivity contribution in [3.63, 3.8) is 0 Å². The summed E-state index contributed by atoms with van der Waals surface area (Å²) in [6, 6.07) is 2.28. The molecule has 114 valence electrons. The predicted octanol–water partition coefficient (Wildman–Crippen LogP) is 2.06. The number of hydrogen-bond acceptors (Lipinski definition) is 4. The van der Waals surface area contributed by atoms with Crippen LogP contribution in [-0.2, 0) is 4.79 Å². The smallest absolute Gasteiger partial charge is 0.305 e. The number of aliphatic carboxylic acids is 1. The van der Waals surface area contributed by atoms with Gasteiger partial charge in [0.15, 0.2) is 0 Å². The van der Waals surface area contributed by atoms with Crippen molar-refractivity contribution in [2.24, 2.45) is 0 Å². The van der Waals surface area contributed by atoms with Crippen molar-refractivity contribution in [3.8, 4) is 0 Å². The maximum atomic E-state index is 13.5. The molecule has 0 saturated heterocycles. The van der Waals surface area contributed by atoms with Crippen molar-refractivity contribution in [2.45, 2.75) is 26.3 Å². The van der Waals surface area contributed by atoms with Crippen LogP contribution in [0, 0.1) is 15.9 Å². The Bertz CT molecular complexity index is 576. The van der Waals surface area contributed by atoms with Gasteiger partial charge in [0.25, 0.3) is 5.91 Å². The van der Waals surface area contributed by atoms with E-state index in [-0.39, 0.29) is 18.5 Å². The number of amides is 1. The fourth-order valence-electron chi connectivity index (χ4n) is 1.97. The third-order valence-corrected chi connectivity index (χ3v) is 2.99. The molecule has 0 radical (unpaired) electrons. The Hall–Kier alpha value is -2.51. The van der Waals surface area contributed by atoms with Gasteiger partial charge in [-0.05, 0) is 26.0 Å². The Morgan fingerprint density at radius 2 is 2.10 bits per heavy atom. The van der Waals surface area contributed by atoms with Crippen molar-refractivity contribution in [2.75, 3.05) is 6.54 Å². The second-order valence-corrected chi connectivity index (χ2v) is 4.46. The molecule has 0 bridgehead atoms.